The van der Waals surface area contributed by atoms with Gasteiger partial charge in [-0.2, -0.15) is 0 Å². The van der Waals surface area contributed by atoms with E-state index in [1.54, 1.807) is 4.90 Å². The van der Waals surface area contributed by atoms with E-state index in [1.807, 2.05) is 63.5 Å². The number of anilines is 1. The second-order valence-corrected chi connectivity index (χ2v) is 8.10. The minimum Gasteiger partial charge on any atom is -0.494 e. The Kier molecular flexibility index (Phi) is 6.88. The molecule has 0 aliphatic carbocycles. The molecule has 5 nitrogen and oxygen atoms in total. The SMILES string of the molecule is CCOc1ccc(CC(=O)N(CCN(C)C)c2nc3c(Cl)cccc3s2)cc1. The predicted octanol–water partition coefficient (Wildman–Crippen LogP) is 4.49. The van der Waals surface area contributed by atoms with E-state index in [-0.39, 0.29) is 5.91 Å². The lowest BCUT2D eigenvalue weighted by Gasteiger charge is -2.22. The molecule has 0 spiro atoms. The molecule has 28 heavy (non-hydrogen) atoms. The van der Waals surface area contributed by atoms with Crippen molar-refractivity contribution in [2.24, 2.45) is 0 Å². The van der Waals surface area contributed by atoms with Crippen LogP contribution < -0.4 is 9.64 Å². The van der Waals surface area contributed by atoms with Crippen LogP contribution in [-0.4, -0.2) is 49.6 Å². The van der Waals surface area contributed by atoms with Crippen LogP contribution >= 0.6 is 22.9 Å². The number of nitrogens with zero attached hydrogens (tertiary/aromatic N) is 3. The minimum atomic E-state index is 0.0150. The maximum Gasteiger partial charge on any atom is 0.233 e. The summed E-state index contributed by atoms with van der Waals surface area (Å²) in [6.45, 7) is 3.89. The molecule has 3 aromatic rings. The molecule has 0 N–H and O–H groups in total. The zero-order valence-electron chi connectivity index (χ0n) is 16.3. The number of carbonyl (C=O) groups is 1. The molecule has 0 radical (unpaired) electrons. The van der Waals surface area contributed by atoms with Gasteiger partial charge in [-0.05, 0) is 50.8 Å². The second-order valence-electron chi connectivity index (χ2n) is 6.69. The molecule has 0 bridgehead atoms. The summed E-state index contributed by atoms with van der Waals surface area (Å²) in [5.41, 5.74) is 1.69. The summed E-state index contributed by atoms with van der Waals surface area (Å²) in [4.78, 5) is 21.6. The Bertz CT molecular complexity index is 940. The van der Waals surface area contributed by atoms with Crippen molar-refractivity contribution in [2.45, 2.75) is 13.3 Å². The van der Waals surface area contributed by atoms with Gasteiger partial charge < -0.3 is 9.64 Å². The topological polar surface area (TPSA) is 45.7 Å². The van der Waals surface area contributed by atoms with Gasteiger partial charge in [-0.3, -0.25) is 9.69 Å². The number of amides is 1. The number of carbonyl (C=O) groups excluding carboxylic acids is 1. The van der Waals surface area contributed by atoms with Crippen LogP contribution in [-0.2, 0) is 11.2 Å². The normalized spacial score (nSPS) is 11.2. The molecule has 0 saturated carbocycles. The Morgan fingerprint density at radius 2 is 1.89 bits per heavy atom. The zero-order valence-corrected chi connectivity index (χ0v) is 17.9. The third kappa shape index (κ3) is 5.01. The highest BCUT2D eigenvalue weighted by molar-refractivity contribution is 7.22. The summed E-state index contributed by atoms with van der Waals surface area (Å²) < 4.78 is 6.45. The fourth-order valence-electron chi connectivity index (χ4n) is 2.79. The van der Waals surface area contributed by atoms with Crippen molar-refractivity contribution in [3.05, 3.63) is 53.1 Å². The Balaban J connectivity index is 1.83. The van der Waals surface area contributed by atoms with E-state index in [1.165, 1.54) is 11.3 Å². The summed E-state index contributed by atoms with van der Waals surface area (Å²) in [5.74, 6) is 0.824. The lowest BCUT2D eigenvalue weighted by atomic mass is 10.1. The summed E-state index contributed by atoms with van der Waals surface area (Å²) in [6, 6.07) is 13.4. The first-order valence-corrected chi connectivity index (χ1v) is 10.4. The molecule has 0 atom stereocenters. The zero-order chi connectivity index (χ0) is 20.1. The first kappa shape index (κ1) is 20.6. The van der Waals surface area contributed by atoms with Crippen molar-refractivity contribution in [1.29, 1.82) is 0 Å². The number of benzene rings is 2. The number of halogens is 1. The van der Waals surface area contributed by atoms with Gasteiger partial charge >= 0.3 is 0 Å². The molecule has 0 unspecified atom stereocenters. The van der Waals surface area contributed by atoms with Crippen molar-refractivity contribution in [3.63, 3.8) is 0 Å². The molecule has 0 fully saturated rings. The average Bonchev–Trinajstić information content (AvgIpc) is 3.09. The van der Waals surface area contributed by atoms with Crippen molar-refractivity contribution in [1.82, 2.24) is 9.88 Å². The van der Waals surface area contributed by atoms with Crippen LogP contribution in [0.2, 0.25) is 5.02 Å². The molecule has 1 heterocycles. The van der Waals surface area contributed by atoms with Gasteiger partial charge in [0, 0.05) is 13.1 Å². The summed E-state index contributed by atoms with van der Waals surface area (Å²) >= 11 is 7.76. The summed E-state index contributed by atoms with van der Waals surface area (Å²) in [5, 5.41) is 1.28. The third-order valence-electron chi connectivity index (χ3n) is 4.25. The highest BCUT2D eigenvalue weighted by Gasteiger charge is 2.21. The third-order valence-corrected chi connectivity index (χ3v) is 5.60. The number of thiazole rings is 1. The van der Waals surface area contributed by atoms with E-state index in [0.717, 1.165) is 28.1 Å². The second kappa shape index (κ2) is 9.37. The van der Waals surface area contributed by atoms with Crippen LogP contribution in [0.1, 0.15) is 12.5 Å². The molecular weight excluding hydrogens is 394 g/mol. The maximum atomic E-state index is 13.1. The molecule has 0 aliphatic heterocycles. The Labute approximate surface area is 174 Å². The largest absolute Gasteiger partial charge is 0.494 e. The maximum absolute atomic E-state index is 13.1. The lowest BCUT2D eigenvalue weighted by Crippen LogP contribution is -2.37. The molecule has 148 valence electrons. The fourth-order valence-corrected chi connectivity index (χ4v) is 4.09. The number of aromatic nitrogens is 1. The molecule has 7 heteroatoms. The number of hydrogen-bond donors (Lipinski definition) is 0. The number of para-hydroxylation sites is 1. The van der Waals surface area contributed by atoms with E-state index in [9.17, 15) is 4.79 Å². The van der Waals surface area contributed by atoms with Crippen molar-refractivity contribution in [2.75, 3.05) is 38.7 Å². The van der Waals surface area contributed by atoms with Gasteiger partial charge in [-0.15, -0.1) is 0 Å². The Morgan fingerprint density at radius 3 is 2.54 bits per heavy atom. The predicted molar refractivity (Wildman–Crippen MR) is 117 cm³/mol. The average molecular weight is 418 g/mol. The smallest absolute Gasteiger partial charge is 0.233 e. The monoisotopic (exact) mass is 417 g/mol. The number of ether oxygens (including phenoxy) is 1. The lowest BCUT2D eigenvalue weighted by molar-refractivity contribution is -0.118. The molecule has 2 aromatic carbocycles. The van der Waals surface area contributed by atoms with Gasteiger partial charge in [0.25, 0.3) is 0 Å². The molecule has 1 aromatic heterocycles. The summed E-state index contributed by atoms with van der Waals surface area (Å²) in [6.07, 6.45) is 0.309. The number of likely N-dealkylation sites (N-methyl/N-ethyl adjacent to an activating group) is 1. The van der Waals surface area contributed by atoms with E-state index in [2.05, 4.69) is 9.88 Å². The summed E-state index contributed by atoms with van der Waals surface area (Å²) in [7, 11) is 3.98. The number of hydrogen-bond acceptors (Lipinski definition) is 5. The van der Waals surface area contributed by atoms with Crippen molar-refractivity contribution < 1.29 is 9.53 Å². The standard InChI is InChI=1S/C21H24ClN3O2S/c1-4-27-16-10-8-15(9-11-16)14-19(26)25(13-12-24(2)3)21-23-20-17(22)6-5-7-18(20)28-21/h5-11H,4,12-14H2,1-3H3. The van der Waals surface area contributed by atoms with E-state index in [0.29, 0.717) is 29.7 Å². The minimum absolute atomic E-state index is 0.0150. The van der Waals surface area contributed by atoms with Crippen molar-refractivity contribution >= 4 is 44.2 Å². The van der Waals surface area contributed by atoms with Gasteiger partial charge in [-0.1, -0.05) is 41.1 Å². The van der Waals surface area contributed by atoms with Crippen LogP contribution in [0.25, 0.3) is 10.2 Å². The van der Waals surface area contributed by atoms with Crippen LogP contribution in [0.15, 0.2) is 42.5 Å². The van der Waals surface area contributed by atoms with Crippen LogP contribution in [0.4, 0.5) is 5.13 Å². The van der Waals surface area contributed by atoms with Crippen LogP contribution in [0, 0.1) is 0 Å². The number of rotatable bonds is 8. The fraction of sp³-hybridized carbons (Fsp3) is 0.333. The highest BCUT2D eigenvalue weighted by Crippen LogP contribution is 2.33. The number of fused-ring (bicyclic) bond motifs is 1. The van der Waals surface area contributed by atoms with Gasteiger partial charge in [0.2, 0.25) is 5.91 Å². The quantitative estimate of drug-likeness (QED) is 0.542. The first-order chi connectivity index (χ1) is 13.5. The van der Waals surface area contributed by atoms with E-state index >= 15 is 0 Å². The molecule has 1 amide bonds. The van der Waals surface area contributed by atoms with Gasteiger partial charge in [0.05, 0.1) is 22.8 Å². The Morgan fingerprint density at radius 1 is 1.14 bits per heavy atom. The molecule has 0 aliphatic rings. The van der Waals surface area contributed by atoms with Crippen molar-refractivity contribution in [3.8, 4) is 5.75 Å². The van der Waals surface area contributed by atoms with Gasteiger partial charge in [-0.25, -0.2) is 4.98 Å². The molecular formula is C21H24ClN3O2S. The van der Waals surface area contributed by atoms with Crippen LogP contribution in [0.5, 0.6) is 5.75 Å². The van der Waals surface area contributed by atoms with Gasteiger partial charge in [0.1, 0.15) is 11.3 Å². The van der Waals surface area contributed by atoms with E-state index < -0.39 is 0 Å². The van der Waals surface area contributed by atoms with Gasteiger partial charge in [0.15, 0.2) is 5.13 Å². The highest BCUT2D eigenvalue weighted by atomic mass is 35.5. The molecule has 3 rings (SSSR count). The van der Waals surface area contributed by atoms with Crippen LogP contribution in [0.3, 0.4) is 0 Å². The molecule has 0 saturated heterocycles. The first-order valence-electron chi connectivity index (χ1n) is 9.20. The van der Waals surface area contributed by atoms with E-state index in [4.69, 9.17) is 16.3 Å². The Hall–Kier alpha value is -2.15.